The van der Waals surface area contributed by atoms with Gasteiger partial charge in [0.2, 0.25) is 0 Å². The number of nitrogens with one attached hydrogen (secondary N) is 3. The molecule has 0 bridgehead atoms. The van der Waals surface area contributed by atoms with Gasteiger partial charge < -0.3 is 20.7 Å². The number of rotatable bonds is 6. The maximum atomic E-state index is 15.5. The Labute approximate surface area is 270 Å². The Morgan fingerprint density at radius 1 is 0.745 bits per heavy atom. The van der Waals surface area contributed by atoms with Gasteiger partial charge in [0.1, 0.15) is 17.2 Å². The van der Waals surface area contributed by atoms with E-state index in [2.05, 4.69) is 10.3 Å². The summed E-state index contributed by atoms with van der Waals surface area (Å²) >= 11 is 11.2. The van der Waals surface area contributed by atoms with Crippen LogP contribution in [0.5, 0.6) is 11.5 Å². The molecule has 0 fully saturated rings. The maximum Gasteiger partial charge on any atom is 0.417 e. The van der Waals surface area contributed by atoms with Crippen molar-refractivity contribution >= 4 is 58.2 Å². The van der Waals surface area contributed by atoms with Crippen LogP contribution in [0.15, 0.2) is 72.9 Å². The quantitative estimate of drug-likeness (QED) is 0.174. The lowest BCUT2D eigenvalue weighted by molar-refractivity contribution is -0.138. The topological polar surface area (TPSA) is 113 Å². The van der Waals surface area contributed by atoms with Crippen LogP contribution >= 0.6 is 23.2 Å². The number of benzene rings is 3. The van der Waals surface area contributed by atoms with E-state index in [4.69, 9.17) is 27.9 Å². The van der Waals surface area contributed by atoms with Crippen LogP contribution in [0.3, 0.4) is 0 Å². The second kappa shape index (κ2) is 13.7. The molecule has 5 amide bonds. The fourth-order valence-corrected chi connectivity index (χ4v) is 4.36. The number of hydrogen-bond donors (Lipinski definition) is 3. The van der Waals surface area contributed by atoms with E-state index in [0.29, 0.717) is 12.1 Å². The molecule has 3 aromatic carbocycles. The highest BCUT2D eigenvalue weighted by molar-refractivity contribution is 6.32. The lowest BCUT2D eigenvalue weighted by Gasteiger charge is -2.23. The molecule has 0 spiro atoms. The predicted molar refractivity (Wildman–Crippen MR) is 158 cm³/mol. The number of imide groups is 1. The summed E-state index contributed by atoms with van der Waals surface area (Å²) in [6.07, 6.45) is -8.63. The van der Waals surface area contributed by atoms with Crippen molar-refractivity contribution in [2.75, 3.05) is 22.6 Å². The van der Waals surface area contributed by atoms with Crippen LogP contribution in [-0.2, 0) is 12.4 Å². The minimum absolute atomic E-state index is 0.0339. The Hall–Kier alpha value is -5.09. The van der Waals surface area contributed by atoms with Gasteiger partial charge in [0.15, 0.2) is 5.82 Å². The lowest BCUT2D eigenvalue weighted by atomic mass is 10.2. The maximum absolute atomic E-state index is 15.5. The monoisotopic (exact) mass is 703 g/mol. The van der Waals surface area contributed by atoms with Crippen LogP contribution in [0.1, 0.15) is 21.6 Å². The van der Waals surface area contributed by atoms with Gasteiger partial charge >= 0.3 is 24.4 Å². The van der Waals surface area contributed by atoms with Gasteiger partial charge in [-0.2, -0.15) is 26.3 Å². The van der Waals surface area contributed by atoms with Gasteiger partial charge in [0.05, 0.1) is 26.9 Å². The molecule has 0 atom stereocenters. The van der Waals surface area contributed by atoms with Gasteiger partial charge in [-0.05, 0) is 54.6 Å². The van der Waals surface area contributed by atoms with Crippen molar-refractivity contribution in [3.63, 3.8) is 0 Å². The van der Waals surface area contributed by atoms with Crippen LogP contribution in [-0.4, -0.2) is 30.0 Å². The summed E-state index contributed by atoms with van der Waals surface area (Å²) in [7, 11) is 1.37. The second-order valence-electron chi connectivity index (χ2n) is 9.25. The van der Waals surface area contributed by atoms with Crippen LogP contribution in [0.25, 0.3) is 0 Å². The smallest absolute Gasteiger partial charge is 0.417 e. The van der Waals surface area contributed by atoms with Crippen molar-refractivity contribution in [3.8, 4) is 11.5 Å². The minimum Gasteiger partial charge on any atom is -0.457 e. The van der Waals surface area contributed by atoms with Gasteiger partial charge in [-0.25, -0.2) is 18.9 Å². The first-order valence-electron chi connectivity index (χ1n) is 12.8. The summed E-state index contributed by atoms with van der Waals surface area (Å²) in [4.78, 5) is 42.5. The average molecular weight is 704 g/mol. The second-order valence-corrected chi connectivity index (χ2v) is 10.1. The van der Waals surface area contributed by atoms with E-state index >= 15 is 4.39 Å². The van der Waals surface area contributed by atoms with Crippen molar-refractivity contribution in [2.24, 2.45) is 0 Å². The third-order valence-corrected chi connectivity index (χ3v) is 6.70. The number of halogens is 9. The molecule has 47 heavy (non-hydrogen) atoms. The van der Waals surface area contributed by atoms with Crippen LogP contribution < -0.4 is 25.6 Å². The third kappa shape index (κ3) is 8.39. The van der Waals surface area contributed by atoms with Crippen molar-refractivity contribution in [3.05, 3.63) is 106 Å². The SMILES string of the molecule is CNC(=O)c1cc(Oc2ccc(N(C(=O)Nc3ccc(Cl)c(C(F)(F)F)c3)C(=O)Nc3ccc(Cl)c(C(F)(F)F)c3)c(F)c2)ccn1. The number of anilines is 3. The number of pyridine rings is 1. The molecule has 0 unspecified atom stereocenters. The first-order valence-corrected chi connectivity index (χ1v) is 13.5. The molecular weight excluding hydrogens is 686 g/mol. The molecular formula is C29H18Cl2F7N5O4. The van der Waals surface area contributed by atoms with Gasteiger partial charge in [-0.3, -0.25) is 9.78 Å². The van der Waals surface area contributed by atoms with E-state index < -0.39 is 74.4 Å². The number of amides is 5. The van der Waals surface area contributed by atoms with E-state index in [9.17, 15) is 40.7 Å². The predicted octanol–water partition coefficient (Wildman–Crippen LogP) is 8.99. The van der Waals surface area contributed by atoms with Gasteiger partial charge in [0, 0.05) is 36.8 Å². The number of ether oxygens (including phenoxy) is 1. The van der Waals surface area contributed by atoms with Crippen LogP contribution in [0, 0.1) is 5.82 Å². The molecule has 1 aromatic heterocycles. The number of hydrogen-bond acceptors (Lipinski definition) is 5. The number of carbonyl (C=O) groups is 3. The number of aromatic nitrogens is 1. The van der Waals surface area contributed by atoms with Crippen molar-refractivity contribution in [1.82, 2.24) is 10.3 Å². The molecule has 4 rings (SSSR count). The summed E-state index contributed by atoms with van der Waals surface area (Å²) in [5.74, 6) is -1.98. The van der Waals surface area contributed by atoms with Crippen molar-refractivity contribution in [2.45, 2.75) is 12.4 Å². The van der Waals surface area contributed by atoms with E-state index in [1.807, 2.05) is 10.6 Å². The zero-order chi connectivity index (χ0) is 34.7. The van der Waals surface area contributed by atoms with E-state index in [0.717, 1.165) is 42.5 Å². The lowest BCUT2D eigenvalue weighted by Crippen LogP contribution is -2.43. The normalized spacial score (nSPS) is 11.4. The first-order chi connectivity index (χ1) is 22.0. The fourth-order valence-electron chi connectivity index (χ4n) is 3.91. The molecule has 0 saturated heterocycles. The Morgan fingerprint density at radius 2 is 1.26 bits per heavy atom. The Morgan fingerprint density at radius 3 is 1.72 bits per heavy atom. The van der Waals surface area contributed by atoms with Crippen LogP contribution in [0.4, 0.5) is 57.4 Å². The summed E-state index contributed by atoms with van der Waals surface area (Å²) in [5.41, 5.74) is -4.52. The summed E-state index contributed by atoms with van der Waals surface area (Å²) in [5, 5.41) is 4.99. The highest BCUT2D eigenvalue weighted by Crippen LogP contribution is 2.38. The van der Waals surface area contributed by atoms with Crippen molar-refractivity contribution in [1.29, 1.82) is 0 Å². The van der Waals surface area contributed by atoms with E-state index in [-0.39, 0.29) is 22.1 Å². The Balaban J connectivity index is 1.70. The molecule has 3 N–H and O–H groups in total. The molecule has 4 aromatic rings. The minimum atomic E-state index is -4.93. The third-order valence-electron chi connectivity index (χ3n) is 6.04. The molecule has 0 aliphatic heterocycles. The first kappa shape index (κ1) is 34.8. The molecule has 0 aliphatic rings. The van der Waals surface area contributed by atoms with Crippen LogP contribution in [0.2, 0.25) is 10.0 Å². The average Bonchev–Trinajstić information content (AvgIpc) is 2.99. The number of alkyl halides is 6. The van der Waals surface area contributed by atoms with E-state index in [1.165, 1.54) is 25.4 Å². The van der Waals surface area contributed by atoms with E-state index in [1.54, 1.807) is 0 Å². The molecule has 9 nitrogen and oxygen atoms in total. The summed E-state index contributed by atoms with van der Waals surface area (Å²) < 4.78 is 101. The van der Waals surface area contributed by atoms with Gasteiger partial charge in [0.25, 0.3) is 5.91 Å². The molecule has 0 aliphatic carbocycles. The zero-order valence-corrected chi connectivity index (χ0v) is 24.9. The Bertz CT molecular complexity index is 1780. The van der Waals surface area contributed by atoms with Crippen molar-refractivity contribution < 1.29 is 49.9 Å². The highest BCUT2D eigenvalue weighted by atomic mass is 35.5. The molecule has 0 saturated carbocycles. The number of carbonyl (C=O) groups excluding carboxylic acids is 3. The Kier molecular flexibility index (Phi) is 10.2. The van der Waals surface area contributed by atoms with Gasteiger partial charge in [-0.1, -0.05) is 23.2 Å². The molecule has 18 heteroatoms. The standard InChI is InChI=1S/C29H18Cl2F7N5O4/c1-39-25(44)23-13-17(8-9-40-23)47-16-4-7-24(22(32)12-16)43(26(45)41-14-2-5-20(30)18(10-14)28(33,34)35)27(46)42-15-3-6-21(31)19(11-15)29(36,37)38/h2-13H,1H3,(H,39,44)(H,41,45)(H,42,46). The summed E-state index contributed by atoms with van der Waals surface area (Å²) in [6.45, 7) is 0. The summed E-state index contributed by atoms with van der Waals surface area (Å²) in [6, 6.07) is 6.75. The fraction of sp³-hybridized carbons (Fsp3) is 0.103. The molecule has 1 heterocycles. The zero-order valence-electron chi connectivity index (χ0n) is 23.4. The highest BCUT2D eigenvalue weighted by Gasteiger charge is 2.35. The molecule has 0 radical (unpaired) electrons. The number of urea groups is 2. The number of nitrogens with zero attached hydrogens (tertiary/aromatic N) is 2. The largest absolute Gasteiger partial charge is 0.457 e. The van der Waals surface area contributed by atoms with Gasteiger partial charge in [-0.15, -0.1) is 0 Å². The molecule has 246 valence electrons.